The number of fused-ring (bicyclic) bond motifs is 2. The number of carboxylic acids is 1. The number of hydrogen-bond acceptors (Lipinski definition) is 6. The highest BCUT2D eigenvalue weighted by atomic mass is 32.2. The Hall–Kier alpha value is -4.50. The molecule has 186 valence electrons. The lowest BCUT2D eigenvalue weighted by atomic mass is 9.98. The van der Waals surface area contributed by atoms with Crippen molar-refractivity contribution in [2.24, 2.45) is 0 Å². The van der Waals surface area contributed by atoms with Gasteiger partial charge in [0.25, 0.3) is 5.91 Å². The van der Waals surface area contributed by atoms with E-state index in [9.17, 15) is 19.5 Å². The van der Waals surface area contributed by atoms with Crippen LogP contribution in [0.1, 0.15) is 20.7 Å². The van der Waals surface area contributed by atoms with Gasteiger partial charge < -0.3 is 25.2 Å². The highest BCUT2D eigenvalue weighted by molar-refractivity contribution is 8.00. The summed E-state index contributed by atoms with van der Waals surface area (Å²) >= 11 is 1.36. The molecular formula is C28H22N2O6S. The van der Waals surface area contributed by atoms with Crippen LogP contribution < -0.4 is 20.1 Å². The normalized spacial score (nSPS) is 12.1. The summed E-state index contributed by atoms with van der Waals surface area (Å²) in [4.78, 5) is 37.9. The van der Waals surface area contributed by atoms with Crippen LogP contribution in [-0.2, 0) is 4.79 Å². The molecule has 1 aliphatic heterocycles. The molecule has 4 aromatic carbocycles. The Labute approximate surface area is 216 Å². The van der Waals surface area contributed by atoms with Gasteiger partial charge in [0, 0.05) is 33.3 Å². The zero-order valence-electron chi connectivity index (χ0n) is 19.5. The predicted octanol–water partition coefficient (Wildman–Crippen LogP) is 5.29. The molecule has 37 heavy (non-hydrogen) atoms. The molecule has 0 saturated heterocycles. The Morgan fingerprint density at radius 3 is 2.19 bits per heavy atom. The van der Waals surface area contributed by atoms with Crippen LogP contribution in [-0.4, -0.2) is 41.9 Å². The number of benzene rings is 4. The fraction of sp³-hybridized carbons (Fsp3) is 0.107. The summed E-state index contributed by atoms with van der Waals surface area (Å²) in [6.45, 7) is 0.981. The number of carbonyl (C=O) groups is 3. The van der Waals surface area contributed by atoms with Crippen molar-refractivity contribution >= 4 is 51.7 Å². The van der Waals surface area contributed by atoms with E-state index < -0.39 is 11.9 Å². The van der Waals surface area contributed by atoms with Crippen LogP contribution in [0.5, 0.6) is 11.5 Å². The minimum Gasteiger partial charge on any atom is -0.486 e. The van der Waals surface area contributed by atoms with Crippen molar-refractivity contribution in [3.05, 3.63) is 90.0 Å². The minimum absolute atomic E-state index is 0.0736. The lowest BCUT2D eigenvalue weighted by Crippen LogP contribution is -2.17. The largest absolute Gasteiger partial charge is 0.486 e. The third-order valence-electron chi connectivity index (χ3n) is 5.69. The van der Waals surface area contributed by atoms with E-state index in [0.29, 0.717) is 46.9 Å². The molecule has 1 heterocycles. The first-order valence-electron chi connectivity index (χ1n) is 11.5. The number of carbonyl (C=O) groups excluding carboxylic acids is 2. The van der Waals surface area contributed by atoms with Gasteiger partial charge in [-0.15, -0.1) is 11.8 Å². The second-order valence-electron chi connectivity index (χ2n) is 8.19. The number of hydrogen-bond donors (Lipinski definition) is 3. The number of anilines is 2. The van der Waals surface area contributed by atoms with Crippen LogP contribution in [0.4, 0.5) is 11.4 Å². The number of rotatable bonds is 7. The highest BCUT2D eigenvalue weighted by Gasteiger charge is 2.17. The molecule has 5 rings (SSSR count). The molecule has 0 aromatic heterocycles. The summed E-state index contributed by atoms with van der Waals surface area (Å²) in [7, 11) is 0. The number of ether oxygens (including phenoxy) is 2. The van der Waals surface area contributed by atoms with Crippen molar-refractivity contribution in [2.75, 3.05) is 29.6 Å². The number of amides is 2. The third kappa shape index (κ3) is 5.52. The van der Waals surface area contributed by atoms with E-state index in [-0.39, 0.29) is 22.8 Å². The number of thioether (sulfide) groups is 1. The third-order valence-corrected chi connectivity index (χ3v) is 6.70. The van der Waals surface area contributed by atoms with Gasteiger partial charge in [-0.25, -0.2) is 4.79 Å². The highest BCUT2D eigenvalue weighted by Crippen LogP contribution is 2.33. The molecule has 8 nitrogen and oxygen atoms in total. The van der Waals surface area contributed by atoms with E-state index in [1.165, 1.54) is 17.8 Å². The van der Waals surface area contributed by atoms with Crippen LogP contribution >= 0.6 is 11.8 Å². The summed E-state index contributed by atoms with van der Waals surface area (Å²) in [6, 6.07) is 22.4. The molecule has 2 amide bonds. The fourth-order valence-electron chi connectivity index (χ4n) is 4.01. The van der Waals surface area contributed by atoms with Gasteiger partial charge in [-0.3, -0.25) is 9.59 Å². The molecule has 3 N–H and O–H groups in total. The smallest absolute Gasteiger partial charge is 0.336 e. The summed E-state index contributed by atoms with van der Waals surface area (Å²) in [5.41, 5.74) is 1.54. The molecule has 0 bridgehead atoms. The van der Waals surface area contributed by atoms with Crippen molar-refractivity contribution in [2.45, 2.75) is 4.90 Å². The maximum atomic E-state index is 13.0. The molecule has 0 aliphatic carbocycles. The van der Waals surface area contributed by atoms with Crippen LogP contribution in [0.25, 0.3) is 10.8 Å². The summed E-state index contributed by atoms with van der Waals surface area (Å²) < 4.78 is 11.0. The molecule has 1 aliphatic rings. The van der Waals surface area contributed by atoms with Crippen LogP contribution in [0, 0.1) is 0 Å². The lowest BCUT2D eigenvalue weighted by Gasteiger charge is -2.19. The number of carboxylic acid groups (broad SMARTS) is 1. The Kier molecular flexibility index (Phi) is 6.96. The second kappa shape index (κ2) is 10.6. The van der Waals surface area contributed by atoms with E-state index in [0.717, 1.165) is 4.90 Å². The Morgan fingerprint density at radius 2 is 1.46 bits per heavy atom. The maximum absolute atomic E-state index is 13.0. The van der Waals surface area contributed by atoms with E-state index in [1.807, 2.05) is 12.1 Å². The van der Waals surface area contributed by atoms with Gasteiger partial charge in [-0.1, -0.05) is 24.3 Å². The molecule has 4 aromatic rings. The molecule has 0 atom stereocenters. The second-order valence-corrected chi connectivity index (χ2v) is 9.24. The lowest BCUT2D eigenvalue weighted by molar-refractivity contribution is -0.113. The van der Waals surface area contributed by atoms with Crippen molar-refractivity contribution in [3.63, 3.8) is 0 Å². The van der Waals surface area contributed by atoms with Crippen LogP contribution in [0.15, 0.2) is 83.8 Å². The maximum Gasteiger partial charge on any atom is 0.336 e. The van der Waals surface area contributed by atoms with E-state index in [1.54, 1.807) is 60.7 Å². The zero-order valence-corrected chi connectivity index (χ0v) is 20.3. The quantitative estimate of drug-likeness (QED) is 0.287. The first kappa shape index (κ1) is 24.2. The Morgan fingerprint density at radius 1 is 0.784 bits per heavy atom. The molecule has 0 fully saturated rings. The standard InChI is InChI=1S/C28H22N2O6S/c31-25(29-19-9-12-23-24(15-19)36-14-13-35-23)16-37-20-10-7-18(8-11-20)30-27(32)21-5-1-3-17-4-2-6-22(26(17)21)28(33)34/h1-12,15H,13-14,16H2,(H,29,31)(H,30,32)(H,33,34). The molecule has 0 saturated carbocycles. The van der Waals surface area contributed by atoms with Crippen LogP contribution in [0.3, 0.4) is 0 Å². The molecule has 0 unspecified atom stereocenters. The first-order valence-corrected chi connectivity index (χ1v) is 12.5. The van der Waals surface area contributed by atoms with Gasteiger partial charge >= 0.3 is 5.97 Å². The minimum atomic E-state index is -1.09. The van der Waals surface area contributed by atoms with Gasteiger partial charge in [0.2, 0.25) is 5.91 Å². The fourth-order valence-corrected chi connectivity index (χ4v) is 4.71. The SMILES string of the molecule is O=C(CSc1ccc(NC(=O)c2cccc3cccc(C(=O)O)c23)cc1)Nc1ccc2c(c1)OCCO2. The van der Waals surface area contributed by atoms with Crippen molar-refractivity contribution < 1.29 is 29.0 Å². The van der Waals surface area contributed by atoms with E-state index >= 15 is 0 Å². The summed E-state index contributed by atoms with van der Waals surface area (Å²) in [5.74, 6) is -0.188. The first-order chi connectivity index (χ1) is 18.0. The van der Waals surface area contributed by atoms with E-state index in [4.69, 9.17) is 9.47 Å². The summed E-state index contributed by atoms with van der Waals surface area (Å²) in [6.07, 6.45) is 0. The zero-order chi connectivity index (χ0) is 25.8. The van der Waals surface area contributed by atoms with Gasteiger partial charge in [0.1, 0.15) is 13.2 Å². The number of nitrogens with one attached hydrogen (secondary N) is 2. The topological polar surface area (TPSA) is 114 Å². The van der Waals surface area contributed by atoms with Gasteiger partial charge in [0.15, 0.2) is 11.5 Å². The van der Waals surface area contributed by atoms with Gasteiger partial charge in [-0.2, -0.15) is 0 Å². The van der Waals surface area contributed by atoms with Crippen molar-refractivity contribution in [3.8, 4) is 11.5 Å². The monoisotopic (exact) mass is 514 g/mol. The van der Waals surface area contributed by atoms with E-state index in [2.05, 4.69) is 10.6 Å². The average molecular weight is 515 g/mol. The predicted molar refractivity (Wildman–Crippen MR) is 142 cm³/mol. The molecule has 0 radical (unpaired) electrons. The summed E-state index contributed by atoms with van der Waals surface area (Å²) in [5, 5.41) is 16.3. The molecule has 9 heteroatoms. The Bertz CT molecular complexity index is 1500. The van der Waals surface area contributed by atoms with Crippen molar-refractivity contribution in [1.82, 2.24) is 0 Å². The van der Waals surface area contributed by atoms with Gasteiger partial charge in [-0.05, 0) is 53.9 Å². The molecular weight excluding hydrogens is 492 g/mol. The van der Waals surface area contributed by atoms with Crippen LogP contribution in [0.2, 0.25) is 0 Å². The number of aromatic carboxylic acids is 1. The van der Waals surface area contributed by atoms with Gasteiger partial charge in [0.05, 0.1) is 11.3 Å². The van der Waals surface area contributed by atoms with Crippen molar-refractivity contribution in [1.29, 1.82) is 0 Å². The average Bonchev–Trinajstić information content (AvgIpc) is 2.91. The molecule has 0 spiro atoms. The Balaban J connectivity index is 1.20.